The van der Waals surface area contributed by atoms with Crippen molar-refractivity contribution in [3.05, 3.63) is 54.7 Å². The summed E-state index contributed by atoms with van der Waals surface area (Å²) < 4.78 is 0. The van der Waals surface area contributed by atoms with Crippen LogP contribution in [0.4, 0.5) is 11.4 Å². The van der Waals surface area contributed by atoms with Gasteiger partial charge in [0.15, 0.2) is 0 Å². The summed E-state index contributed by atoms with van der Waals surface area (Å²) in [6, 6.07) is 16.9. The molecule has 8 rings (SSSR count). The molecule has 5 aliphatic rings. The molecule has 2 aromatic carbocycles. The number of nitrogens with one attached hydrogen (secondary N) is 3. The minimum atomic E-state index is 0.130. The van der Waals surface area contributed by atoms with Crippen molar-refractivity contribution >= 4 is 17.3 Å². The lowest BCUT2D eigenvalue weighted by Gasteiger charge is -2.57. The van der Waals surface area contributed by atoms with Crippen molar-refractivity contribution in [1.82, 2.24) is 9.97 Å². The van der Waals surface area contributed by atoms with Crippen molar-refractivity contribution in [2.75, 3.05) is 10.6 Å². The number of benzene rings is 2. The van der Waals surface area contributed by atoms with Gasteiger partial charge in [-0.2, -0.15) is 0 Å². The van der Waals surface area contributed by atoms with E-state index in [1.54, 1.807) is 0 Å². The summed E-state index contributed by atoms with van der Waals surface area (Å²) in [7, 11) is 0. The van der Waals surface area contributed by atoms with Gasteiger partial charge in [-0.15, -0.1) is 0 Å². The number of carbonyl (C=O) groups excluding carboxylic acids is 1. The number of hydrogen-bond donors (Lipinski definition) is 3. The standard InChI is InChI=1S/C33H40N4O/c1-21-4-2-3-5-29(21)32(38)35-27-10-8-26(9-11-27)31-34-20-30(36-31)25-6-12-28(13-7-25)37-33-17-22-14-23(18-33)16-24(15-22)19-33/h6-13,20-24,29,37H,2-5,14-19H2,1H3,(H,34,36)(H,35,38). The Morgan fingerprint density at radius 2 is 1.45 bits per heavy atom. The second kappa shape index (κ2) is 9.59. The van der Waals surface area contributed by atoms with Crippen molar-refractivity contribution in [2.24, 2.45) is 29.6 Å². The van der Waals surface area contributed by atoms with Crippen LogP contribution in [-0.4, -0.2) is 21.4 Å². The van der Waals surface area contributed by atoms with E-state index in [1.165, 1.54) is 50.6 Å². The highest BCUT2D eigenvalue weighted by Crippen LogP contribution is 2.56. The van der Waals surface area contributed by atoms with E-state index in [4.69, 9.17) is 0 Å². The molecular formula is C33H40N4O. The van der Waals surface area contributed by atoms with Crippen LogP contribution in [0.3, 0.4) is 0 Å². The number of amides is 1. The largest absolute Gasteiger partial charge is 0.380 e. The number of H-pyrrole nitrogens is 1. The van der Waals surface area contributed by atoms with Gasteiger partial charge >= 0.3 is 0 Å². The Kier molecular flexibility index (Phi) is 6.05. The van der Waals surface area contributed by atoms with Gasteiger partial charge in [-0.1, -0.05) is 31.9 Å². The highest BCUT2D eigenvalue weighted by atomic mass is 16.1. The molecule has 5 nitrogen and oxygen atoms in total. The van der Waals surface area contributed by atoms with E-state index in [2.05, 4.69) is 51.8 Å². The second-order valence-corrected chi connectivity index (χ2v) is 13.0. The lowest BCUT2D eigenvalue weighted by Crippen LogP contribution is -2.54. The first-order valence-electron chi connectivity index (χ1n) is 14.9. The summed E-state index contributed by atoms with van der Waals surface area (Å²) in [4.78, 5) is 20.9. The number of imidazole rings is 1. The highest BCUT2D eigenvalue weighted by Gasteiger charge is 2.50. The maximum absolute atomic E-state index is 12.8. The third-order valence-electron chi connectivity index (χ3n) is 10.1. The maximum Gasteiger partial charge on any atom is 0.227 e. The third kappa shape index (κ3) is 4.65. The smallest absolute Gasteiger partial charge is 0.227 e. The minimum Gasteiger partial charge on any atom is -0.380 e. The topological polar surface area (TPSA) is 69.8 Å². The number of aromatic nitrogens is 2. The summed E-state index contributed by atoms with van der Waals surface area (Å²) in [5.74, 6) is 4.43. The van der Waals surface area contributed by atoms with Crippen LogP contribution in [0, 0.1) is 29.6 Å². The Bertz CT molecular complexity index is 1260. The van der Waals surface area contributed by atoms with Gasteiger partial charge in [-0.25, -0.2) is 4.98 Å². The molecule has 1 amide bonds. The van der Waals surface area contributed by atoms with Crippen molar-refractivity contribution in [2.45, 2.75) is 76.7 Å². The van der Waals surface area contributed by atoms with E-state index in [1.807, 2.05) is 30.5 Å². The number of anilines is 2. The zero-order chi connectivity index (χ0) is 25.7. The highest BCUT2D eigenvalue weighted by molar-refractivity contribution is 5.93. The van der Waals surface area contributed by atoms with Crippen molar-refractivity contribution in [3.63, 3.8) is 0 Å². The molecule has 5 heteroatoms. The SMILES string of the molecule is CC1CCCCC1C(=O)Nc1ccc(-c2ncc(-c3ccc(NC45CC6CC(CC(C6)C4)C5)cc3)[nH]2)cc1. The Morgan fingerprint density at radius 3 is 2.11 bits per heavy atom. The molecule has 0 spiro atoms. The molecule has 4 bridgehead atoms. The Morgan fingerprint density at radius 1 is 0.842 bits per heavy atom. The zero-order valence-corrected chi connectivity index (χ0v) is 22.5. The van der Waals surface area contributed by atoms with Crippen LogP contribution < -0.4 is 10.6 Å². The maximum atomic E-state index is 12.8. The van der Waals surface area contributed by atoms with Gasteiger partial charge in [0.2, 0.25) is 5.91 Å². The van der Waals surface area contributed by atoms with Crippen molar-refractivity contribution < 1.29 is 4.79 Å². The van der Waals surface area contributed by atoms with Crippen LogP contribution in [0.1, 0.15) is 71.1 Å². The zero-order valence-electron chi connectivity index (χ0n) is 22.5. The normalized spacial score (nSPS) is 31.8. The number of aromatic amines is 1. The summed E-state index contributed by atoms with van der Waals surface area (Å²) in [5.41, 5.74) is 5.61. The average Bonchev–Trinajstić information content (AvgIpc) is 3.39. The van der Waals surface area contributed by atoms with E-state index >= 15 is 0 Å². The summed E-state index contributed by atoms with van der Waals surface area (Å²) in [6.45, 7) is 2.20. The van der Waals surface area contributed by atoms with Crippen LogP contribution in [-0.2, 0) is 4.79 Å². The first-order valence-corrected chi connectivity index (χ1v) is 14.9. The van der Waals surface area contributed by atoms with Crippen LogP contribution in [0.2, 0.25) is 0 Å². The molecule has 5 saturated carbocycles. The van der Waals surface area contributed by atoms with Crippen LogP contribution in [0.15, 0.2) is 54.7 Å². The van der Waals surface area contributed by atoms with Gasteiger partial charge in [0.25, 0.3) is 0 Å². The second-order valence-electron chi connectivity index (χ2n) is 13.0. The molecule has 5 fully saturated rings. The first-order chi connectivity index (χ1) is 18.5. The van der Waals surface area contributed by atoms with E-state index in [9.17, 15) is 4.79 Å². The fourth-order valence-corrected chi connectivity index (χ4v) is 8.57. The fraction of sp³-hybridized carbons (Fsp3) is 0.515. The Hall–Kier alpha value is -3.08. The number of nitrogens with zero attached hydrogens (tertiary/aromatic N) is 1. The summed E-state index contributed by atoms with van der Waals surface area (Å²) in [6.07, 6.45) is 14.9. The monoisotopic (exact) mass is 508 g/mol. The number of rotatable bonds is 6. The van der Waals surface area contributed by atoms with E-state index < -0.39 is 0 Å². The van der Waals surface area contributed by atoms with Gasteiger partial charge in [0.05, 0.1) is 11.9 Å². The molecule has 1 heterocycles. The van der Waals surface area contributed by atoms with Gasteiger partial charge in [-0.3, -0.25) is 4.79 Å². The van der Waals surface area contributed by atoms with Gasteiger partial charge in [-0.05, 0) is 117 Å². The molecule has 1 aromatic heterocycles. The van der Waals surface area contributed by atoms with Crippen LogP contribution in [0.5, 0.6) is 0 Å². The quantitative estimate of drug-likeness (QED) is 0.317. The minimum absolute atomic E-state index is 0.130. The molecule has 3 N–H and O–H groups in total. The van der Waals surface area contributed by atoms with Gasteiger partial charge in [0.1, 0.15) is 5.82 Å². The molecule has 38 heavy (non-hydrogen) atoms. The molecule has 3 aromatic rings. The summed E-state index contributed by atoms with van der Waals surface area (Å²) >= 11 is 0. The van der Waals surface area contributed by atoms with E-state index in [0.717, 1.165) is 65.3 Å². The molecular weight excluding hydrogens is 468 g/mol. The lowest BCUT2D eigenvalue weighted by atomic mass is 9.53. The molecule has 0 saturated heterocycles. The molecule has 2 unspecified atom stereocenters. The lowest BCUT2D eigenvalue weighted by molar-refractivity contribution is -0.122. The number of carbonyl (C=O) groups is 1. The molecule has 2 atom stereocenters. The van der Waals surface area contributed by atoms with Crippen molar-refractivity contribution in [1.29, 1.82) is 0 Å². The first kappa shape index (κ1) is 24.0. The summed E-state index contributed by atoms with van der Waals surface area (Å²) in [5, 5.41) is 7.11. The molecule has 5 aliphatic carbocycles. The molecule has 198 valence electrons. The van der Waals surface area contributed by atoms with Crippen molar-refractivity contribution in [3.8, 4) is 22.6 Å². The number of hydrogen-bond acceptors (Lipinski definition) is 3. The van der Waals surface area contributed by atoms with E-state index in [0.29, 0.717) is 11.5 Å². The van der Waals surface area contributed by atoms with E-state index in [-0.39, 0.29) is 11.8 Å². The van der Waals surface area contributed by atoms with Gasteiger partial charge in [0, 0.05) is 28.4 Å². The Balaban J connectivity index is 0.998. The van der Waals surface area contributed by atoms with Crippen LogP contribution in [0.25, 0.3) is 22.6 Å². The Labute approximate surface area is 226 Å². The van der Waals surface area contributed by atoms with Crippen LogP contribution >= 0.6 is 0 Å². The molecule has 0 radical (unpaired) electrons. The fourth-order valence-electron chi connectivity index (χ4n) is 8.57. The third-order valence-corrected chi connectivity index (χ3v) is 10.1. The predicted octanol–water partition coefficient (Wildman–Crippen LogP) is 7.89. The average molecular weight is 509 g/mol. The molecule has 0 aliphatic heterocycles. The van der Waals surface area contributed by atoms with Gasteiger partial charge < -0.3 is 15.6 Å². The predicted molar refractivity (Wildman–Crippen MR) is 154 cm³/mol.